The zero-order chi connectivity index (χ0) is 19.6. The van der Waals surface area contributed by atoms with Gasteiger partial charge in [-0.25, -0.2) is 0 Å². The van der Waals surface area contributed by atoms with Crippen LogP contribution in [0.5, 0.6) is 5.75 Å². The molecule has 0 radical (unpaired) electrons. The molecule has 1 atom stereocenters. The summed E-state index contributed by atoms with van der Waals surface area (Å²) in [4.78, 5) is 27.0. The molecule has 2 aromatic rings. The van der Waals surface area contributed by atoms with Gasteiger partial charge in [0.1, 0.15) is 11.8 Å². The van der Waals surface area contributed by atoms with Crippen molar-refractivity contribution in [2.45, 2.75) is 38.8 Å². The first-order valence-corrected chi connectivity index (χ1v) is 9.27. The van der Waals surface area contributed by atoms with Crippen LogP contribution < -0.4 is 10.1 Å². The van der Waals surface area contributed by atoms with Crippen LogP contribution in [-0.4, -0.2) is 36.9 Å². The fourth-order valence-corrected chi connectivity index (χ4v) is 3.09. The summed E-state index contributed by atoms with van der Waals surface area (Å²) < 4.78 is 5.27. The molecule has 0 spiro atoms. The van der Waals surface area contributed by atoms with Crippen LogP contribution in [0.3, 0.4) is 0 Å². The Labute approximate surface area is 161 Å². The molecule has 0 saturated heterocycles. The number of rotatable bonds is 9. The van der Waals surface area contributed by atoms with Crippen molar-refractivity contribution in [2.24, 2.45) is 0 Å². The molecule has 2 amide bonds. The normalized spacial score (nSPS) is 11.5. The first-order valence-electron chi connectivity index (χ1n) is 9.27. The molecule has 0 aliphatic heterocycles. The molecular formula is C22H28N2O3. The van der Waals surface area contributed by atoms with Gasteiger partial charge in [0, 0.05) is 20.0 Å². The quantitative estimate of drug-likeness (QED) is 0.740. The molecule has 1 N–H and O–H groups in total. The minimum Gasteiger partial charge on any atom is -0.497 e. The largest absolute Gasteiger partial charge is 0.497 e. The summed E-state index contributed by atoms with van der Waals surface area (Å²) in [5.74, 6) is 0.558. The van der Waals surface area contributed by atoms with E-state index in [1.165, 1.54) is 0 Å². The smallest absolute Gasteiger partial charge is 0.242 e. The second kappa shape index (κ2) is 10.4. The Morgan fingerprint density at radius 3 is 2.41 bits per heavy atom. The number of aryl methyl sites for hydroxylation is 1. The van der Waals surface area contributed by atoms with Crippen molar-refractivity contribution in [3.8, 4) is 5.75 Å². The molecule has 0 bridgehead atoms. The van der Waals surface area contributed by atoms with Crippen LogP contribution in [0.25, 0.3) is 0 Å². The fourth-order valence-electron chi connectivity index (χ4n) is 3.09. The summed E-state index contributed by atoms with van der Waals surface area (Å²) in [5.41, 5.74) is 2.05. The van der Waals surface area contributed by atoms with Crippen molar-refractivity contribution >= 4 is 11.8 Å². The van der Waals surface area contributed by atoms with Gasteiger partial charge in [-0.1, -0.05) is 49.4 Å². The highest BCUT2D eigenvalue weighted by molar-refractivity contribution is 5.87. The number of nitrogens with one attached hydrogen (secondary N) is 1. The van der Waals surface area contributed by atoms with Crippen molar-refractivity contribution in [1.82, 2.24) is 10.2 Å². The maximum atomic E-state index is 13.0. The Balaban J connectivity index is 2.19. The van der Waals surface area contributed by atoms with E-state index in [0.29, 0.717) is 25.8 Å². The van der Waals surface area contributed by atoms with Gasteiger partial charge in [0.05, 0.1) is 7.11 Å². The molecule has 0 fully saturated rings. The number of carbonyl (C=O) groups excluding carboxylic acids is 2. The Hall–Kier alpha value is -2.82. The van der Waals surface area contributed by atoms with Crippen LogP contribution in [-0.2, 0) is 22.6 Å². The van der Waals surface area contributed by atoms with Crippen LogP contribution in [0, 0.1) is 0 Å². The molecule has 144 valence electrons. The lowest BCUT2D eigenvalue weighted by atomic mass is 10.1. The highest BCUT2D eigenvalue weighted by Crippen LogP contribution is 2.18. The van der Waals surface area contributed by atoms with Gasteiger partial charge in [0.15, 0.2) is 0 Å². The first kappa shape index (κ1) is 20.5. The maximum Gasteiger partial charge on any atom is 0.242 e. The average Bonchev–Trinajstić information content (AvgIpc) is 2.72. The summed E-state index contributed by atoms with van der Waals surface area (Å²) in [6.45, 7) is 2.29. The molecule has 5 nitrogen and oxygen atoms in total. The Morgan fingerprint density at radius 1 is 1.07 bits per heavy atom. The van der Waals surface area contributed by atoms with E-state index in [-0.39, 0.29) is 11.8 Å². The molecule has 0 saturated carbocycles. The van der Waals surface area contributed by atoms with Gasteiger partial charge in [-0.15, -0.1) is 0 Å². The Morgan fingerprint density at radius 2 is 1.78 bits per heavy atom. The summed E-state index contributed by atoms with van der Waals surface area (Å²) in [5, 5.41) is 2.68. The summed E-state index contributed by atoms with van der Waals surface area (Å²) in [6, 6.07) is 17.0. The van der Waals surface area contributed by atoms with Crippen LogP contribution in [0.4, 0.5) is 0 Å². The summed E-state index contributed by atoms with van der Waals surface area (Å²) >= 11 is 0. The minimum absolute atomic E-state index is 0.0304. The van der Waals surface area contributed by atoms with E-state index in [0.717, 1.165) is 16.9 Å². The predicted octanol–water partition coefficient (Wildman–Crippen LogP) is 3.18. The molecule has 0 aliphatic rings. The number of methoxy groups -OCH3 is 1. The minimum atomic E-state index is -0.496. The number of nitrogens with zero attached hydrogens (tertiary/aromatic N) is 1. The number of benzene rings is 2. The number of carbonyl (C=O) groups is 2. The van der Waals surface area contributed by atoms with Gasteiger partial charge in [0.2, 0.25) is 11.8 Å². The third-order valence-corrected chi connectivity index (χ3v) is 4.59. The van der Waals surface area contributed by atoms with E-state index in [2.05, 4.69) is 5.32 Å². The van der Waals surface area contributed by atoms with E-state index >= 15 is 0 Å². The van der Waals surface area contributed by atoms with Crippen molar-refractivity contribution in [1.29, 1.82) is 0 Å². The van der Waals surface area contributed by atoms with E-state index in [9.17, 15) is 9.59 Å². The molecular weight excluding hydrogens is 340 g/mol. The highest BCUT2D eigenvalue weighted by Gasteiger charge is 2.27. The van der Waals surface area contributed by atoms with Gasteiger partial charge in [-0.05, 0) is 36.1 Å². The Bertz CT molecular complexity index is 746. The van der Waals surface area contributed by atoms with Crippen LogP contribution in [0.15, 0.2) is 54.6 Å². The molecule has 2 rings (SSSR count). The number of amides is 2. The van der Waals surface area contributed by atoms with Crippen molar-refractivity contribution in [3.63, 3.8) is 0 Å². The highest BCUT2D eigenvalue weighted by atomic mass is 16.5. The third kappa shape index (κ3) is 5.84. The van der Waals surface area contributed by atoms with Gasteiger partial charge in [0.25, 0.3) is 0 Å². The topological polar surface area (TPSA) is 58.6 Å². The first-order chi connectivity index (χ1) is 13.1. The zero-order valence-corrected chi connectivity index (χ0v) is 16.3. The lowest BCUT2D eigenvalue weighted by Gasteiger charge is -2.30. The number of ether oxygens (including phenoxy) is 1. The van der Waals surface area contributed by atoms with Crippen LogP contribution in [0.2, 0.25) is 0 Å². The third-order valence-electron chi connectivity index (χ3n) is 4.59. The molecule has 0 heterocycles. The van der Waals surface area contributed by atoms with Crippen LogP contribution >= 0.6 is 0 Å². The standard InChI is InChI=1S/C22H28N2O3/c1-4-20(22(26)23-2)24(16-18-11-8-12-19(15-18)27-3)21(25)14-13-17-9-6-5-7-10-17/h5-12,15,20H,4,13-14,16H2,1-3H3,(H,23,26)/t20-/m1/s1. The molecule has 0 unspecified atom stereocenters. The van der Waals surface area contributed by atoms with Gasteiger partial charge in [-0.3, -0.25) is 9.59 Å². The SMILES string of the molecule is CC[C@H](C(=O)NC)N(Cc1cccc(OC)c1)C(=O)CCc1ccccc1. The van der Waals surface area contributed by atoms with Gasteiger partial charge < -0.3 is 15.0 Å². The molecule has 2 aromatic carbocycles. The van der Waals surface area contributed by atoms with E-state index in [1.807, 2.05) is 61.5 Å². The second-order valence-corrected chi connectivity index (χ2v) is 6.40. The second-order valence-electron chi connectivity index (χ2n) is 6.40. The maximum absolute atomic E-state index is 13.0. The molecule has 27 heavy (non-hydrogen) atoms. The van der Waals surface area contributed by atoms with Crippen molar-refractivity contribution < 1.29 is 14.3 Å². The van der Waals surface area contributed by atoms with Gasteiger partial charge in [-0.2, -0.15) is 0 Å². The predicted molar refractivity (Wildman–Crippen MR) is 106 cm³/mol. The number of hydrogen-bond donors (Lipinski definition) is 1. The molecule has 0 aliphatic carbocycles. The van der Waals surface area contributed by atoms with E-state index < -0.39 is 6.04 Å². The number of hydrogen-bond acceptors (Lipinski definition) is 3. The number of likely N-dealkylation sites (N-methyl/N-ethyl adjacent to an activating group) is 1. The van der Waals surface area contributed by atoms with E-state index in [4.69, 9.17) is 4.74 Å². The zero-order valence-electron chi connectivity index (χ0n) is 16.3. The van der Waals surface area contributed by atoms with Crippen LogP contribution in [0.1, 0.15) is 30.9 Å². The fraction of sp³-hybridized carbons (Fsp3) is 0.364. The lowest BCUT2D eigenvalue weighted by molar-refractivity contribution is -0.141. The summed E-state index contributed by atoms with van der Waals surface area (Å²) in [6.07, 6.45) is 1.57. The van der Waals surface area contributed by atoms with Crippen molar-refractivity contribution in [3.05, 3.63) is 65.7 Å². The lowest BCUT2D eigenvalue weighted by Crippen LogP contribution is -2.48. The molecule has 5 heteroatoms. The Kier molecular flexibility index (Phi) is 7.86. The molecule has 0 aromatic heterocycles. The van der Waals surface area contributed by atoms with Gasteiger partial charge >= 0.3 is 0 Å². The monoisotopic (exact) mass is 368 g/mol. The van der Waals surface area contributed by atoms with E-state index in [1.54, 1.807) is 19.1 Å². The van der Waals surface area contributed by atoms with Crippen molar-refractivity contribution in [2.75, 3.05) is 14.2 Å². The average molecular weight is 368 g/mol. The summed E-state index contributed by atoms with van der Waals surface area (Å²) in [7, 11) is 3.21.